The number of alkyl halides is 3. The predicted molar refractivity (Wildman–Crippen MR) is 100 cm³/mol. The molecule has 2 unspecified atom stereocenters. The third kappa shape index (κ3) is 4.67. The van der Waals surface area contributed by atoms with Crippen LogP contribution in [0.1, 0.15) is 18.7 Å². The summed E-state index contributed by atoms with van der Waals surface area (Å²) in [6.45, 7) is 3.67. The number of nitrogens with one attached hydrogen (secondary N) is 1. The Morgan fingerprint density at radius 3 is 2.48 bits per heavy atom. The molecule has 0 saturated carbocycles. The van der Waals surface area contributed by atoms with E-state index in [9.17, 15) is 28.1 Å². The summed E-state index contributed by atoms with van der Waals surface area (Å²) in [4.78, 5) is 25.4. The van der Waals surface area contributed by atoms with E-state index in [1.54, 1.807) is 31.4 Å². The number of hydrogen-bond donors (Lipinski definition) is 1. The Hall–Kier alpha value is -2.66. The average molecular weight is 429 g/mol. The van der Waals surface area contributed by atoms with E-state index in [4.69, 9.17) is 4.74 Å². The lowest BCUT2D eigenvalue weighted by molar-refractivity contribution is -0.421. The topological polar surface area (TPSA) is 84.7 Å². The van der Waals surface area contributed by atoms with Crippen LogP contribution in [0.2, 0.25) is 0 Å². The Morgan fingerprint density at radius 2 is 1.97 bits per heavy atom. The van der Waals surface area contributed by atoms with Crippen molar-refractivity contribution >= 4 is 22.9 Å². The van der Waals surface area contributed by atoms with Gasteiger partial charge in [-0.1, -0.05) is 6.07 Å². The van der Waals surface area contributed by atoms with Gasteiger partial charge in [-0.25, -0.2) is 0 Å². The summed E-state index contributed by atoms with van der Waals surface area (Å²) >= 11 is 1.17. The van der Waals surface area contributed by atoms with E-state index < -0.39 is 34.0 Å². The van der Waals surface area contributed by atoms with Crippen molar-refractivity contribution in [3.05, 3.63) is 61.6 Å². The number of rotatable bonds is 3. The number of morpholine rings is 1. The minimum atomic E-state index is -4.77. The molecule has 1 aromatic heterocycles. The summed E-state index contributed by atoms with van der Waals surface area (Å²) in [6.07, 6.45) is -3.65. The molecule has 0 aliphatic carbocycles. The zero-order chi connectivity index (χ0) is 21.3. The van der Waals surface area contributed by atoms with Crippen molar-refractivity contribution in [2.75, 3.05) is 13.1 Å². The van der Waals surface area contributed by atoms with Crippen LogP contribution >= 0.6 is 11.3 Å². The van der Waals surface area contributed by atoms with Crippen LogP contribution in [0, 0.1) is 10.1 Å². The first-order valence-electron chi connectivity index (χ1n) is 8.71. The maximum Gasteiger partial charge on any atom is 0.431 e. The summed E-state index contributed by atoms with van der Waals surface area (Å²) in [6, 6.07) is 3.23. The first-order chi connectivity index (χ1) is 13.6. The van der Waals surface area contributed by atoms with Gasteiger partial charge in [0.05, 0.1) is 33.3 Å². The molecule has 156 valence electrons. The minimum absolute atomic E-state index is 0.0423. The molecule has 0 bridgehead atoms. The van der Waals surface area contributed by atoms with Crippen LogP contribution in [0.15, 0.2) is 46.6 Å². The molecule has 11 heteroatoms. The number of amides is 1. The quantitative estimate of drug-likeness (QED) is 0.453. The van der Waals surface area contributed by atoms with Gasteiger partial charge in [-0.2, -0.15) is 13.2 Å². The van der Waals surface area contributed by atoms with Gasteiger partial charge in [0.2, 0.25) is 0 Å². The van der Waals surface area contributed by atoms with Crippen molar-refractivity contribution in [2.45, 2.75) is 32.2 Å². The lowest BCUT2D eigenvalue weighted by atomic mass is 10.0. The van der Waals surface area contributed by atoms with Crippen LogP contribution in [0.3, 0.4) is 0 Å². The van der Waals surface area contributed by atoms with Crippen LogP contribution < -0.4 is 5.32 Å². The molecule has 3 rings (SSSR count). The summed E-state index contributed by atoms with van der Waals surface area (Å²) in [5.74, 6) is -0.937. The van der Waals surface area contributed by atoms with Crippen LogP contribution in [0.25, 0.3) is 5.70 Å². The van der Waals surface area contributed by atoms with E-state index in [0.717, 1.165) is 0 Å². The van der Waals surface area contributed by atoms with Gasteiger partial charge in [-0.3, -0.25) is 14.9 Å². The number of carbonyl (C=O) groups is 1. The molecule has 2 aliphatic heterocycles. The summed E-state index contributed by atoms with van der Waals surface area (Å²) < 4.78 is 45.7. The molecule has 1 saturated heterocycles. The van der Waals surface area contributed by atoms with Gasteiger partial charge in [-0.15, -0.1) is 11.3 Å². The van der Waals surface area contributed by atoms with E-state index >= 15 is 0 Å². The molecule has 1 N–H and O–H groups in total. The van der Waals surface area contributed by atoms with Crippen molar-refractivity contribution in [1.82, 2.24) is 10.2 Å². The number of thiophene rings is 1. The zero-order valence-corrected chi connectivity index (χ0v) is 16.3. The Balaban J connectivity index is 2.10. The van der Waals surface area contributed by atoms with Crippen molar-refractivity contribution in [2.24, 2.45) is 0 Å². The van der Waals surface area contributed by atoms with Gasteiger partial charge >= 0.3 is 17.8 Å². The Morgan fingerprint density at radius 1 is 1.31 bits per heavy atom. The third-order valence-electron chi connectivity index (χ3n) is 4.33. The molecule has 7 nitrogen and oxygen atoms in total. The SMILES string of the molecule is CC1CN(C(=O)/C(=C2/C=C(c3cccs3)NC(C(F)(F)F)=C2)[N+](=O)[O-])CC(C)O1. The van der Waals surface area contributed by atoms with Gasteiger partial charge < -0.3 is 15.0 Å². The van der Waals surface area contributed by atoms with E-state index in [0.29, 0.717) is 11.0 Å². The highest BCUT2D eigenvalue weighted by Crippen LogP contribution is 2.33. The number of carbonyl (C=O) groups excluding carboxylic acids is 1. The molecule has 0 spiro atoms. The van der Waals surface area contributed by atoms with Crippen molar-refractivity contribution in [1.29, 1.82) is 0 Å². The Labute approximate surface area is 168 Å². The highest BCUT2D eigenvalue weighted by atomic mass is 32.1. The molecule has 0 aromatic carbocycles. The molecular weight excluding hydrogens is 411 g/mol. The number of allylic oxidation sites excluding steroid dienone is 4. The monoisotopic (exact) mass is 429 g/mol. The standard InChI is InChI=1S/C18H18F3N3O4S/c1-10-8-23(9-11(2)28-10)17(25)16(24(26)27)12-6-13(14-4-3-5-29-14)22-15(7-12)18(19,20)21/h3-7,10-11,22H,8-9H2,1-2H3/b16-12+. The van der Waals surface area contributed by atoms with Crippen molar-refractivity contribution in [3.8, 4) is 0 Å². The van der Waals surface area contributed by atoms with Gasteiger partial charge in [0, 0.05) is 13.1 Å². The largest absolute Gasteiger partial charge is 0.431 e. The number of ether oxygens (including phenoxy) is 1. The fraction of sp³-hybridized carbons (Fsp3) is 0.389. The van der Waals surface area contributed by atoms with E-state index in [1.165, 1.54) is 22.3 Å². The average Bonchev–Trinajstić information content (AvgIpc) is 3.14. The number of nitro groups is 1. The van der Waals surface area contributed by atoms with Gasteiger partial charge in [0.25, 0.3) is 0 Å². The maximum atomic E-state index is 13.4. The highest BCUT2D eigenvalue weighted by molar-refractivity contribution is 7.11. The number of halogens is 3. The molecule has 0 radical (unpaired) electrons. The second-order valence-electron chi connectivity index (χ2n) is 6.74. The molecule has 29 heavy (non-hydrogen) atoms. The lowest BCUT2D eigenvalue weighted by Gasteiger charge is -2.34. The molecule has 1 amide bonds. The molecule has 1 aromatic rings. The number of dihydropyridines is 1. The molecular formula is C18H18F3N3O4S. The van der Waals surface area contributed by atoms with Crippen LogP contribution in [-0.4, -0.2) is 47.2 Å². The summed E-state index contributed by atoms with van der Waals surface area (Å²) in [5.41, 5.74) is -2.43. The van der Waals surface area contributed by atoms with Crippen molar-refractivity contribution in [3.63, 3.8) is 0 Å². The molecule has 1 fully saturated rings. The number of hydrogen-bond acceptors (Lipinski definition) is 6. The van der Waals surface area contributed by atoms with Gasteiger partial charge in [0.15, 0.2) is 0 Å². The summed E-state index contributed by atoms with van der Waals surface area (Å²) in [7, 11) is 0. The molecule has 2 atom stereocenters. The molecule has 3 heterocycles. The maximum absolute atomic E-state index is 13.4. The fourth-order valence-corrected chi connectivity index (χ4v) is 3.92. The van der Waals surface area contributed by atoms with Crippen LogP contribution in [0.5, 0.6) is 0 Å². The van der Waals surface area contributed by atoms with Crippen molar-refractivity contribution < 1.29 is 27.6 Å². The smallest absolute Gasteiger partial charge is 0.372 e. The summed E-state index contributed by atoms with van der Waals surface area (Å²) in [5, 5.41) is 15.6. The molecule has 2 aliphatic rings. The first kappa shape index (κ1) is 21.1. The normalized spacial score (nSPS) is 24.4. The number of nitrogens with zero attached hydrogens (tertiary/aromatic N) is 2. The first-order valence-corrected chi connectivity index (χ1v) is 9.59. The zero-order valence-electron chi connectivity index (χ0n) is 15.5. The lowest BCUT2D eigenvalue weighted by Crippen LogP contribution is -2.49. The fourth-order valence-electron chi connectivity index (χ4n) is 3.22. The highest BCUT2D eigenvalue weighted by Gasteiger charge is 2.40. The third-order valence-corrected chi connectivity index (χ3v) is 5.23. The second kappa shape index (κ2) is 7.99. The van der Waals surface area contributed by atoms with Crippen LogP contribution in [-0.2, 0) is 9.53 Å². The Kier molecular flexibility index (Phi) is 5.80. The van der Waals surface area contributed by atoms with Gasteiger partial charge in [0.1, 0.15) is 5.70 Å². The van der Waals surface area contributed by atoms with E-state index in [-0.39, 0.29) is 31.0 Å². The second-order valence-corrected chi connectivity index (χ2v) is 7.69. The van der Waals surface area contributed by atoms with E-state index in [1.807, 2.05) is 0 Å². The van der Waals surface area contributed by atoms with Gasteiger partial charge in [-0.05, 0) is 37.4 Å². The predicted octanol–water partition coefficient (Wildman–Crippen LogP) is 3.31. The minimum Gasteiger partial charge on any atom is -0.372 e. The van der Waals surface area contributed by atoms with Crippen LogP contribution in [0.4, 0.5) is 13.2 Å². The van der Waals surface area contributed by atoms with E-state index in [2.05, 4.69) is 5.32 Å². The Bertz CT molecular complexity index is 896.